The van der Waals surface area contributed by atoms with E-state index < -0.39 is 15.4 Å². The number of aromatic nitrogens is 2. The molecule has 2 aliphatic heterocycles. The summed E-state index contributed by atoms with van der Waals surface area (Å²) in [7, 11) is -2.20. The van der Waals surface area contributed by atoms with Gasteiger partial charge in [0, 0.05) is 25.6 Å². The third-order valence-electron chi connectivity index (χ3n) is 6.18. The number of nitrogens with two attached hydrogens (primary N) is 1. The Morgan fingerprint density at radius 1 is 1.21 bits per heavy atom. The van der Waals surface area contributed by atoms with E-state index in [0.717, 1.165) is 39.3 Å². The van der Waals surface area contributed by atoms with Gasteiger partial charge in [0.1, 0.15) is 23.6 Å². The number of aromatic amines is 1. The van der Waals surface area contributed by atoms with Crippen molar-refractivity contribution >= 4 is 27.0 Å². The van der Waals surface area contributed by atoms with Crippen LogP contribution in [0.15, 0.2) is 48.2 Å². The van der Waals surface area contributed by atoms with Crippen LogP contribution in [-0.4, -0.2) is 59.7 Å². The van der Waals surface area contributed by atoms with Crippen molar-refractivity contribution in [3.63, 3.8) is 0 Å². The van der Waals surface area contributed by atoms with E-state index >= 15 is 0 Å². The molecule has 3 N–H and O–H groups in total. The van der Waals surface area contributed by atoms with E-state index in [1.807, 2.05) is 37.3 Å². The first-order valence-corrected chi connectivity index (χ1v) is 12.3. The smallest absolute Gasteiger partial charge is 0.270 e. The molecule has 0 spiro atoms. The van der Waals surface area contributed by atoms with Gasteiger partial charge in [0.05, 0.1) is 23.3 Å². The maximum absolute atomic E-state index is 13.3. The van der Waals surface area contributed by atoms with Gasteiger partial charge in [-0.3, -0.25) is 4.79 Å². The molecule has 0 saturated heterocycles. The Bertz CT molecular complexity index is 1400. The van der Waals surface area contributed by atoms with Crippen LogP contribution >= 0.6 is 0 Å². The Kier molecular flexibility index (Phi) is 5.13. The number of nitrogens with zero attached hydrogens (tertiary/aromatic N) is 3. The SMILES string of the molecule is Cc1nc2ccc(-c3ccc4c(c3)CN(C(=O)C3=CCC(S(N)(=O)=O)N3C)CCO4)cc2[nH]1. The lowest BCUT2D eigenvalue weighted by Crippen LogP contribution is -2.43. The van der Waals surface area contributed by atoms with Gasteiger partial charge in [-0.2, -0.15) is 0 Å². The van der Waals surface area contributed by atoms with Crippen LogP contribution in [0.25, 0.3) is 22.2 Å². The van der Waals surface area contributed by atoms with E-state index in [4.69, 9.17) is 9.88 Å². The monoisotopic (exact) mass is 467 g/mol. The lowest BCUT2D eigenvalue weighted by atomic mass is 10.0. The minimum absolute atomic E-state index is 0.192. The number of aryl methyl sites for hydroxylation is 1. The minimum atomic E-state index is -3.78. The fraction of sp³-hybridized carbons (Fsp3) is 0.304. The fourth-order valence-electron chi connectivity index (χ4n) is 4.49. The van der Waals surface area contributed by atoms with Crippen molar-refractivity contribution in [1.29, 1.82) is 0 Å². The molecule has 9 nitrogen and oxygen atoms in total. The Balaban J connectivity index is 1.42. The zero-order valence-corrected chi connectivity index (χ0v) is 19.2. The number of hydrogen-bond donors (Lipinski definition) is 2. The number of likely N-dealkylation sites (N-methyl/N-ethyl adjacent to an activating group) is 1. The largest absolute Gasteiger partial charge is 0.491 e. The van der Waals surface area contributed by atoms with Crippen molar-refractivity contribution in [2.75, 3.05) is 20.2 Å². The maximum atomic E-state index is 13.3. The van der Waals surface area contributed by atoms with Crippen molar-refractivity contribution in [2.24, 2.45) is 5.14 Å². The topological polar surface area (TPSA) is 122 Å². The molecule has 1 aromatic heterocycles. The van der Waals surface area contributed by atoms with Crippen molar-refractivity contribution in [3.05, 3.63) is 59.6 Å². The summed E-state index contributed by atoms with van der Waals surface area (Å²) in [5.74, 6) is 1.37. The summed E-state index contributed by atoms with van der Waals surface area (Å²) in [6.07, 6.45) is 1.83. The van der Waals surface area contributed by atoms with E-state index in [1.165, 1.54) is 4.90 Å². The normalized spacial score (nSPS) is 18.6. The zero-order valence-electron chi connectivity index (χ0n) is 18.4. The molecule has 3 aromatic rings. The Morgan fingerprint density at radius 2 is 1.97 bits per heavy atom. The number of primary sulfonamides is 1. The van der Waals surface area contributed by atoms with Crippen molar-refractivity contribution < 1.29 is 17.9 Å². The summed E-state index contributed by atoms with van der Waals surface area (Å²) in [6, 6.07) is 12.0. The summed E-state index contributed by atoms with van der Waals surface area (Å²) in [5.41, 5.74) is 5.15. The van der Waals surface area contributed by atoms with E-state index in [9.17, 15) is 13.2 Å². The number of imidazole rings is 1. The highest BCUT2D eigenvalue weighted by Gasteiger charge is 2.36. The molecular weight excluding hydrogens is 442 g/mol. The average molecular weight is 468 g/mol. The van der Waals surface area contributed by atoms with E-state index in [0.29, 0.717) is 25.4 Å². The molecule has 0 aliphatic carbocycles. The number of hydrogen-bond acceptors (Lipinski definition) is 6. The van der Waals surface area contributed by atoms with Gasteiger partial charge in [-0.15, -0.1) is 0 Å². The van der Waals surface area contributed by atoms with Crippen molar-refractivity contribution in [3.8, 4) is 16.9 Å². The number of carbonyl (C=O) groups excluding carboxylic acids is 1. The Labute approximate surface area is 191 Å². The van der Waals surface area contributed by atoms with Crippen LogP contribution in [0.4, 0.5) is 0 Å². The Morgan fingerprint density at radius 3 is 2.73 bits per heavy atom. The quantitative estimate of drug-likeness (QED) is 0.608. The predicted octanol–water partition coefficient (Wildman–Crippen LogP) is 2.09. The lowest BCUT2D eigenvalue weighted by Gasteiger charge is -2.27. The molecule has 3 heterocycles. The van der Waals surface area contributed by atoms with E-state index in [1.54, 1.807) is 18.0 Å². The van der Waals surface area contributed by atoms with Gasteiger partial charge in [-0.1, -0.05) is 18.2 Å². The highest BCUT2D eigenvalue weighted by Crippen LogP contribution is 2.32. The molecular formula is C23H25N5O4S. The van der Waals surface area contributed by atoms with Gasteiger partial charge >= 0.3 is 0 Å². The number of ether oxygens (including phenoxy) is 1. The molecule has 1 amide bonds. The number of carbonyl (C=O) groups is 1. The second-order valence-electron chi connectivity index (χ2n) is 8.43. The molecule has 33 heavy (non-hydrogen) atoms. The summed E-state index contributed by atoms with van der Waals surface area (Å²) in [6.45, 7) is 3.03. The third kappa shape index (κ3) is 3.96. The summed E-state index contributed by atoms with van der Waals surface area (Å²) in [5, 5.41) is 4.40. The molecule has 0 fully saturated rings. The highest BCUT2D eigenvalue weighted by atomic mass is 32.2. The van der Waals surface area contributed by atoms with Gasteiger partial charge in [-0.25, -0.2) is 18.5 Å². The van der Waals surface area contributed by atoms with E-state index in [2.05, 4.69) is 16.0 Å². The van der Waals surface area contributed by atoms with Gasteiger partial charge < -0.3 is 19.5 Å². The third-order valence-corrected chi connectivity index (χ3v) is 7.45. The van der Waals surface area contributed by atoms with Crippen LogP contribution in [-0.2, 0) is 21.4 Å². The average Bonchev–Trinajstić information content (AvgIpc) is 3.26. The lowest BCUT2D eigenvalue weighted by molar-refractivity contribution is -0.129. The number of benzene rings is 2. The first-order valence-electron chi connectivity index (χ1n) is 10.7. The van der Waals surface area contributed by atoms with Crippen LogP contribution in [0, 0.1) is 6.92 Å². The molecule has 1 atom stereocenters. The predicted molar refractivity (Wildman–Crippen MR) is 125 cm³/mol. The number of H-pyrrole nitrogens is 1. The summed E-state index contributed by atoms with van der Waals surface area (Å²) in [4.78, 5) is 24.1. The first kappa shape index (κ1) is 21.5. The van der Waals surface area contributed by atoms with Gasteiger partial charge in [0.25, 0.3) is 5.91 Å². The molecule has 2 aromatic carbocycles. The van der Waals surface area contributed by atoms with Crippen LogP contribution in [0.5, 0.6) is 5.75 Å². The van der Waals surface area contributed by atoms with Crippen LogP contribution in [0.3, 0.4) is 0 Å². The van der Waals surface area contributed by atoms with Gasteiger partial charge in [0.15, 0.2) is 0 Å². The first-order chi connectivity index (χ1) is 15.7. The van der Waals surface area contributed by atoms with E-state index in [-0.39, 0.29) is 12.3 Å². The second kappa shape index (κ2) is 7.89. The summed E-state index contributed by atoms with van der Waals surface area (Å²) >= 11 is 0. The number of fused-ring (bicyclic) bond motifs is 2. The van der Waals surface area contributed by atoms with Crippen LogP contribution in [0.1, 0.15) is 17.8 Å². The summed E-state index contributed by atoms with van der Waals surface area (Å²) < 4.78 is 29.5. The number of amides is 1. The molecule has 0 saturated carbocycles. The fourth-order valence-corrected chi connectivity index (χ4v) is 5.41. The number of rotatable bonds is 3. The molecule has 2 aliphatic rings. The molecule has 0 bridgehead atoms. The van der Waals surface area contributed by atoms with Gasteiger partial charge in [-0.05, 0) is 42.3 Å². The van der Waals surface area contributed by atoms with Crippen molar-refractivity contribution in [1.82, 2.24) is 19.8 Å². The van der Waals surface area contributed by atoms with Crippen molar-refractivity contribution in [2.45, 2.75) is 25.3 Å². The zero-order chi connectivity index (χ0) is 23.3. The second-order valence-corrected chi connectivity index (χ2v) is 10.2. The number of sulfonamides is 1. The highest BCUT2D eigenvalue weighted by molar-refractivity contribution is 7.89. The molecule has 5 rings (SSSR count). The minimum Gasteiger partial charge on any atom is -0.491 e. The van der Waals surface area contributed by atoms with Gasteiger partial charge in [0.2, 0.25) is 10.0 Å². The molecule has 172 valence electrons. The Hall–Kier alpha value is -3.37. The number of nitrogens with one attached hydrogen (secondary N) is 1. The standard InChI is InChI=1S/C23H25N5O4S/c1-14-25-18-5-3-16(12-19(18)26-14)15-4-7-21-17(11-15)13-28(9-10-32-21)23(29)20-6-8-22(27(20)2)33(24,30)31/h3-7,11-12,22H,8-10,13H2,1-2H3,(H,25,26)(H2,24,30,31). The molecule has 10 heteroatoms. The maximum Gasteiger partial charge on any atom is 0.270 e. The van der Waals surface area contributed by atoms with Crippen LogP contribution < -0.4 is 9.88 Å². The molecule has 1 unspecified atom stereocenters. The van der Waals surface area contributed by atoms with Crippen LogP contribution in [0.2, 0.25) is 0 Å². The molecule has 0 radical (unpaired) electrons.